The van der Waals surface area contributed by atoms with Gasteiger partial charge in [0.25, 0.3) is 0 Å². The summed E-state index contributed by atoms with van der Waals surface area (Å²) in [6, 6.07) is 4.47. The van der Waals surface area contributed by atoms with Gasteiger partial charge in [-0.1, -0.05) is 11.6 Å². The first-order valence-electron chi connectivity index (χ1n) is 5.98. The molecule has 17 heavy (non-hydrogen) atoms. The van der Waals surface area contributed by atoms with Crippen molar-refractivity contribution in [2.24, 2.45) is 5.73 Å². The first kappa shape index (κ1) is 12.5. The van der Waals surface area contributed by atoms with E-state index in [1.165, 1.54) is 6.42 Å². The molecule has 0 spiro atoms. The summed E-state index contributed by atoms with van der Waals surface area (Å²) in [5, 5.41) is 4.12. The summed E-state index contributed by atoms with van der Waals surface area (Å²) in [5.74, 6) is 0.713. The Hall–Kier alpha value is -0.930. The number of halogens is 1. The van der Waals surface area contributed by atoms with Gasteiger partial charge in [-0.25, -0.2) is 0 Å². The number of aryl methyl sites for hydroxylation is 1. The molecule has 0 heterocycles. The Morgan fingerprint density at radius 2 is 2.18 bits per heavy atom. The van der Waals surface area contributed by atoms with Gasteiger partial charge in [0.1, 0.15) is 5.75 Å². The lowest BCUT2D eigenvalue weighted by molar-refractivity contribution is 0.415. The molecule has 0 aliphatic heterocycles. The number of hydrogen-bond acceptors (Lipinski definition) is 3. The molecule has 0 aromatic heterocycles. The molecule has 3 N–H and O–H groups in total. The number of benzene rings is 1. The van der Waals surface area contributed by atoms with E-state index < -0.39 is 0 Å². The van der Waals surface area contributed by atoms with Crippen LogP contribution in [0.25, 0.3) is 0 Å². The zero-order chi connectivity index (χ0) is 12.4. The van der Waals surface area contributed by atoms with Crippen LogP contribution in [0.15, 0.2) is 12.1 Å². The number of anilines is 1. The third-order valence-electron chi connectivity index (χ3n) is 3.41. The van der Waals surface area contributed by atoms with E-state index in [9.17, 15) is 0 Å². The largest absolute Gasteiger partial charge is 0.495 e. The highest BCUT2D eigenvalue weighted by atomic mass is 35.5. The summed E-state index contributed by atoms with van der Waals surface area (Å²) >= 11 is 6.13. The summed E-state index contributed by atoms with van der Waals surface area (Å²) in [6.07, 6.45) is 3.42. The molecular formula is C13H19ClN2O. The fourth-order valence-corrected chi connectivity index (χ4v) is 2.58. The standard InChI is InChI=1S/C13H19ClN2O/c1-8-6-13(17-2)9(14)7-12(8)16-11-5-3-4-10(11)15/h6-7,10-11,16H,3-5,15H2,1-2H3. The third-order valence-corrected chi connectivity index (χ3v) is 3.70. The van der Waals surface area contributed by atoms with Gasteiger partial charge < -0.3 is 15.8 Å². The second-order valence-corrected chi connectivity index (χ2v) is 5.05. The minimum atomic E-state index is 0.246. The fourth-order valence-electron chi connectivity index (χ4n) is 2.33. The van der Waals surface area contributed by atoms with Gasteiger partial charge >= 0.3 is 0 Å². The van der Waals surface area contributed by atoms with Crippen molar-refractivity contribution in [2.45, 2.75) is 38.3 Å². The van der Waals surface area contributed by atoms with Crippen molar-refractivity contribution in [3.63, 3.8) is 0 Å². The molecule has 4 heteroatoms. The molecule has 2 rings (SSSR count). The molecule has 2 atom stereocenters. The SMILES string of the molecule is COc1cc(C)c(NC2CCCC2N)cc1Cl. The van der Waals surface area contributed by atoms with Crippen LogP contribution in [0.5, 0.6) is 5.75 Å². The fraction of sp³-hybridized carbons (Fsp3) is 0.538. The molecule has 3 nitrogen and oxygen atoms in total. The van der Waals surface area contributed by atoms with Gasteiger partial charge in [0, 0.05) is 17.8 Å². The van der Waals surface area contributed by atoms with Crippen molar-refractivity contribution in [1.29, 1.82) is 0 Å². The molecule has 2 unspecified atom stereocenters. The topological polar surface area (TPSA) is 47.3 Å². The minimum absolute atomic E-state index is 0.246. The zero-order valence-electron chi connectivity index (χ0n) is 10.3. The second-order valence-electron chi connectivity index (χ2n) is 4.65. The Morgan fingerprint density at radius 3 is 2.76 bits per heavy atom. The van der Waals surface area contributed by atoms with E-state index in [2.05, 4.69) is 5.32 Å². The molecule has 1 fully saturated rings. The lowest BCUT2D eigenvalue weighted by atomic mass is 10.1. The van der Waals surface area contributed by atoms with Crippen molar-refractivity contribution in [3.8, 4) is 5.75 Å². The average Bonchev–Trinajstić information content (AvgIpc) is 2.69. The average molecular weight is 255 g/mol. The monoisotopic (exact) mass is 254 g/mol. The van der Waals surface area contributed by atoms with E-state index in [1.54, 1.807) is 7.11 Å². The van der Waals surface area contributed by atoms with Gasteiger partial charge in [0.15, 0.2) is 0 Å². The first-order valence-corrected chi connectivity index (χ1v) is 6.36. The van der Waals surface area contributed by atoms with Gasteiger partial charge in [-0.3, -0.25) is 0 Å². The number of nitrogens with one attached hydrogen (secondary N) is 1. The lowest BCUT2D eigenvalue weighted by Gasteiger charge is -2.20. The van der Waals surface area contributed by atoms with E-state index in [0.29, 0.717) is 16.8 Å². The smallest absolute Gasteiger partial charge is 0.137 e. The van der Waals surface area contributed by atoms with Crippen LogP contribution in [0.3, 0.4) is 0 Å². The lowest BCUT2D eigenvalue weighted by Crippen LogP contribution is -2.35. The van der Waals surface area contributed by atoms with Crippen LogP contribution < -0.4 is 15.8 Å². The Balaban J connectivity index is 2.18. The summed E-state index contributed by atoms with van der Waals surface area (Å²) in [5.41, 5.74) is 8.23. The molecule has 1 saturated carbocycles. The molecule has 1 aromatic rings. The highest BCUT2D eigenvalue weighted by Crippen LogP contribution is 2.32. The second kappa shape index (κ2) is 5.15. The molecule has 0 amide bonds. The van der Waals surface area contributed by atoms with Gasteiger partial charge in [-0.05, 0) is 43.9 Å². The van der Waals surface area contributed by atoms with Crippen molar-refractivity contribution in [2.75, 3.05) is 12.4 Å². The number of nitrogens with two attached hydrogens (primary N) is 1. The maximum absolute atomic E-state index is 6.13. The van der Waals surface area contributed by atoms with Crippen LogP contribution in [-0.4, -0.2) is 19.2 Å². The first-order chi connectivity index (χ1) is 8.11. The van der Waals surface area contributed by atoms with E-state index in [0.717, 1.165) is 24.1 Å². The Morgan fingerprint density at radius 1 is 1.41 bits per heavy atom. The van der Waals surface area contributed by atoms with E-state index in [-0.39, 0.29) is 6.04 Å². The van der Waals surface area contributed by atoms with Gasteiger partial charge in [0.2, 0.25) is 0 Å². The molecule has 1 aliphatic rings. The Bertz CT molecular complexity index is 409. The van der Waals surface area contributed by atoms with Crippen molar-refractivity contribution in [1.82, 2.24) is 0 Å². The van der Waals surface area contributed by atoms with Crippen molar-refractivity contribution < 1.29 is 4.74 Å². The van der Waals surface area contributed by atoms with Gasteiger partial charge in [-0.2, -0.15) is 0 Å². The molecule has 1 aromatic carbocycles. The Kier molecular flexibility index (Phi) is 3.79. The Labute approximate surface area is 107 Å². The number of hydrogen-bond donors (Lipinski definition) is 2. The molecule has 0 saturated heterocycles. The summed E-state index contributed by atoms with van der Waals surface area (Å²) in [7, 11) is 1.63. The zero-order valence-corrected chi connectivity index (χ0v) is 11.1. The number of methoxy groups -OCH3 is 1. The third kappa shape index (κ3) is 2.67. The van der Waals surface area contributed by atoms with Crippen LogP contribution >= 0.6 is 11.6 Å². The van der Waals surface area contributed by atoms with Crippen LogP contribution in [0.4, 0.5) is 5.69 Å². The normalized spacial score (nSPS) is 23.8. The van der Waals surface area contributed by atoms with Gasteiger partial charge in [-0.15, -0.1) is 0 Å². The van der Waals surface area contributed by atoms with Crippen molar-refractivity contribution >= 4 is 17.3 Å². The number of rotatable bonds is 3. The summed E-state index contributed by atoms with van der Waals surface area (Å²) in [6.45, 7) is 2.04. The van der Waals surface area contributed by atoms with Gasteiger partial charge in [0.05, 0.1) is 12.1 Å². The van der Waals surface area contributed by atoms with Crippen LogP contribution in [0.2, 0.25) is 5.02 Å². The number of ether oxygens (including phenoxy) is 1. The predicted molar refractivity (Wildman–Crippen MR) is 72.0 cm³/mol. The molecular weight excluding hydrogens is 236 g/mol. The molecule has 1 aliphatic carbocycles. The molecule has 0 bridgehead atoms. The maximum Gasteiger partial charge on any atom is 0.137 e. The maximum atomic E-state index is 6.13. The summed E-state index contributed by atoms with van der Waals surface area (Å²) < 4.78 is 5.19. The summed E-state index contributed by atoms with van der Waals surface area (Å²) in [4.78, 5) is 0. The van der Waals surface area contributed by atoms with E-state index in [4.69, 9.17) is 22.1 Å². The quantitative estimate of drug-likeness (QED) is 0.872. The molecule has 94 valence electrons. The van der Waals surface area contributed by atoms with Crippen LogP contribution in [0.1, 0.15) is 24.8 Å². The highest BCUT2D eigenvalue weighted by molar-refractivity contribution is 6.32. The predicted octanol–water partition coefficient (Wildman–Crippen LogP) is 2.95. The van der Waals surface area contributed by atoms with Crippen LogP contribution in [0, 0.1) is 6.92 Å². The molecule has 0 radical (unpaired) electrons. The van der Waals surface area contributed by atoms with Crippen molar-refractivity contribution in [3.05, 3.63) is 22.7 Å². The minimum Gasteiger partial charge on any atom is -0.495 e. The van der Waals surface area contributed by atoms with E-state index >= 15 is 0 Å². The van der Waals surface area contributed by atoms with E-state index in [1.807, 2.05) is 19.1 Å². The van der Waals surface area contributed by atoms with Crippen LogP contribution in [-0.2, 0) is 0 Å². The highest BCUT2D eigenvalue weighted by Gasteiger charge is 2.24.